The lowest BCUT2D eigenvalue weighted by molar-refractivity contribution is 0.102. The molecule has 0 aliphatic heterocycles. The highest BCUT2D eigenvalue weighted by molar-refractivity contribution is 7.18. The molecule has 114 valence electrons. The SMILES string of the molecule is COc1ccc(NC(=O)c2nn3c(C(C)C)nnc3s2)cc1. The van der Waals surface area contributed by atoms with E-state index in [1.54, 1.807) is 35.9 Å². The Labute approximate surface area is 130 Å². The van der Waals surface area contributed by atoms with Crippen LogP contribution in [-0.2, 0) is 0 Å². The van der Waals surface area contributed by atoms with E-state index in [1.165, 1.54) is 11.3 Å². The Morgan fingerprint density at radius 2 is 2.00 bits per heavy atom. The predicted octanol–water partition coefficient (Wildman–Crippen LogP) is 2.57. The molecule has 7 nitrogen and oxygen atoms in total. The van der Waals surface area contributed by atoms with Gasteiger partial charge in [-0.15, -0.1) is 15.3 Å². The van der Waals surface area contributed by atoms with Gasteiger partial charge in [-0.25, -0.2) is 0 Å². The maximum atomic E-state index is 12.3. The van der Waals surface area contributed by atoms with E-state index < -0.39 is 0 Å². The van der Waals surface area contributed by atoms with Crippen molar-refractivity contribution in [2.24, 2.45) is 0 Å². The van der Waals surface area contributed by atoms with Crippen molar-refractivity contribution in [3.63, 3.8) is 0 Å². The quantitative estimate of drug-likeness (QED) is 0.800. The van der Waals surface area contributed by atoms with E-state index in [0.717, 1.165) is 11.6 Å². The number of hydrogen-bond acceptors (Lipinski definition) is 6. The van der Waals surface area contributed by atoms with Gasteiger partial charge in [0.1, 0.15) is 5.75 Å². The number of benzene rings is 1. The summed E-state index contributed by atoms with van der Waals surface area (Å²) in [5.74, 6) is 1.40. The van der Waals surface area contributed by atoms with Crippen molar-refractivity contribution in [1.82, 2.24) is 19.8 Å². The number of aromatic nitrogens is 4. The van der Waals surface area contributed by atoms with Crippen molar-refractivity contribution in [3.8, 4) is 5.75 Å². The van der Waals surface area contributed by atoms with Crippen LogP contribution in [-0.4, -0.2) is 32.8 Å². The number of anilines is 1. The van der Waals surface area contributed by atoms with Crippen LogP contribution in [0.15, 0.2) is 24.3 Å². The summed E-state index contributed by atoms with van der Waals surface area (Å²) >= 11 is 1.21. The number of carbonyl (C=O) groups excluding carboxylic acids is 1. The van der Waals surface area contributed by atoms with Crippen LogP contribution in [0.25, 0.3) is 4.96 Å². The number of nitrogens with zero attached hydrogens (tertiary/aromatic N) is 4. The molecule has 3 aromatic rings. The second kappa shape index (κ2) is 5.72. The van der Waals surface area contributed by atoms with E-state index in [0.29, 0.717) is 15.7 Å². The van der Waals surface area contributed by atoms with E-state index in [1.807, 2.05) is 13.8 Å². The van der Waals surface area contributed by atoms with E-state index in [9.17, 15) is 4.79 Å². The smallest absolute Gasteiger partial charge is 0.286 e. The largest absolute Gasteiger partial charge is 0.497 e. The van der Waals surface area contributed by atoms with E-state index in [-0.39, 0.29) is 11.8 Å². The highest BCUT2D eigenvalue weighted by Gasteiger charge is 2.18. The van der Waals surface area contributed by atoms with E-state index in [4.69, 9.17) is 4.74 Å². The highest BCUT2D eigenvalue weighted by Crippen LogP contribution is 2.20. The second-order valence-corrected chi connectivity index (χ2v) is 5.95. The fraction of sp³-hybridized carbons (Fsp3) is 0.286. The molecule has 0 bridgehead atoms. The molecular formula is C14H15N5O2S. The Hall–Kier alpha value is -2.48. The van der Waals surface area contributed by atoms with Gasteiger partial charge in [0, 0.05) is 11.6 Å². The third kappa shape index (κ3) is 2.64. The molecule has 0 fully saturated rings. The molecule has 8 heteroatoms. The van der Waals surface area contributed by atoms with E-state index >= 15 is 0 Å². The minimum absolute atomic E-state index is 0.189. The van der Waals surface area contributed by atoms with Crippen molar-refractivity contribution in [3.05, 3.63) is 35.1 Å². The summed E-state index contributed by atoms with van der Waals surface area (Å²) < 4.78 is 6.71. The molecule has 22 heavy (non-hydrogen) atoms. The van der Waals surface area contributed by atoms with Gasteiger partial charge in [0.05, 0.1) is 7.11 Å². The standard InChI is InChI=1S/C14H15N5O2S/c1-8(2)11-16-17-14-19(11)18-13(22-14)12(20)15-9-4-6-10(21-3)7-5-9/h4-8H,1-3H3,(H,15,20). The molecule has 0 atom stereocenters. The lowest BCUT2D eigenvalue weighted by Crippen LogP contribution is -2.12. The first-order valence-electron chi connectivity index (χ1n) is 6.76. The first-order valence-corrected chi connectivity index (χ1v) is 7.57. The second-order valence-electron chi connectivity index (χ2n) is 5.00. The van der Waals surface area contributed by atoms with Crippen molar-refractivity contribution in [2.45, 2.75) is 19.8 Å². The Kier molecular flexibility index (Phi) is 3.76. The third-order valence-corrected chi connectivity index (χ3v) is 3.97. The number of rotatable bonds is 4. The Morgan fingerprint density at radius 1 is 1.27 bits per heavy atom. The molecule has 0 saturated carbocycles. The van der Waals surface area contributed by atoms with Crippen LogP contribution in [0.3, 0.4) is 0 Å². The van der Waals surface area contributed by atoms with Crippen LogP contribution in [0, 0.1) is 0 Å². The Balaban J connectivity index is 1.82. The zero-order valence-electron chi connectivity index (χ0n) is 12.4. The monoisotopic (exact) mass is 317 g/mol. The highest BCUT2D eigenvalue weighted by atomic mass is 32.1. The summed E-state index contributed by atoms with van der Waals surface area (Å²) in [6.07, 6.45) is 0. The molecule has 0 unspecified atom stereocenters. The van der Waals surface area contributed by atoms with Crippen molar-refractivity contribution in [2.75, 3.05) is 12.4 Å². The average Bonchev–Trinajstić information content (AvgIpc) is 3.07. The fourth-order valence-electron chi connectivity index (χ4n) is 1.94. The molecule has 0 radical (unpaired) electrons. The zero-order valence-corrected chi connectivity index (χ0v) is 13.2. The van der Waals surface area contributed by atoms with Crippen molar-refractivity contribution in [1.29, 1.82) is 0 Å². The van der Waals surface area contributed by atoms with Gasteiger partial charge in [-0.1, -0.05) is 25.2 Å². The molecule has 1 aromatic carbocycles. The first kappa shape index (κ1) is 14.5. The maximum absolute atomic E-state index is 12.3. The maximum Gasteiger partial charge on any atom is 0.286 e. The number of carbonyl (C=O) groups is 1. The molecule has 3 rings (SSSR count). The predicted molar refractivity (Wildman–Crippen MR) is 83.7 cm³/mol. The molecule has 0 spiro atoms. The molecule has 1 N–H and O–H groups in total. The molecule has 0 aliphatic rings. The summed E-state index contributed by atoms with van der Waals surface area (Å²) in [6.45, 7) is 4.01. The van der Waals surface area contributed by atoms with Crippen molar-refractivity contribution >= 4 is 27.9 Å². The van der Waals surface area contributed by atoms with Crippen LogP contribution >= 0.6 is 11.3 Å². The van der Waals surface area contributed by atoms with Gasteiger partial charge in [0.2, 0.25) is 9.97 Å². The fourth-order valence-corrected chi connectivity index (χ4v) is 2.68. The molecule has 0 saturated heterocycles. The average molecular weight is 317 g/mol. The van der Waals surface area contributed by atoms with Gasteiger partial charge < -0.3 is 10.1 Å². The summed E-state index contributed by atoms with van der Waals surface area (Å²) in [5, 5.41) is 15.6. The summed E-state index contributed by atoms with van der Waals surface area (Å²) in [6, 6.07) is 7.11. The summed E-state index contributed by atoms with van der Waals surface area (Å²) in [7, 11) is 1.60. The molecule has 2 aromatic heterocycles. The van der Waals surface area contributed by atoms with E-state index in [2.05, 4.69) is 20.6 Å². The lowest BCUT2D eigenvalue weighted by atomic mass is 10.2. The van der Waals surface area contributed by atoms with Crippen LogP contribution in [0.2, 0.25) is 0 Å². The zero-order chi connectivity index (χ0) is 15.7. The van der Waals surface area contributed by atoms with Gasteiger partial charge in [0.15, 0.2) is 5.82 Å². The number of fused-ring (bicyclic) bond motifs is 1. The lowest BCUT2D eigenvalue weighted by Gasteiger charge is -2.04. The topological polar surface area (TPSA) is 81.4 Å². The number of ether oxygens (including phenoxy) is 1. The number of methoxy groups -OCH3 is 1. The van der Waals surface area contributed by atoms with Crippen LogP contribution in [0.5, 0.6) is 5.75 Å². The molecule has 2 heterocycles. The minimum atomic E-state index is -0.268. The van der Waals surface area contributed by atoms with Gasteiger partial charge in [-0.05, 0) is 24.3 Å². The molecule has 1 amide bonds. The Bertz CT molecular complexity index is 806. The number of amides is 1. The van der Waals surface area contributed by atoms with Crippen LogP contribution in [0.1, 0.15) is 35.4 Å². The Morgan fingerprint density at radius 3 is 2.64 bits per heavy atom. The summed E-state index contributed by atoms with van der Waals surface area (Å²) in [5.41, 5.74) is 0.681. The normalized spacial score (nSPS) is 11.1. The third-order valence-electron chi connectivity index (χ3n) is 3.07. The van der Waals surface area contributed by atoms with Gasteiger partial charge in [-0.2, -0.15) is 4.52 Å². The number of hydrogen-bond donors (Lipinski definition) is 1. The number of nitrogens with one attached hydrogen (secondary N) is 1. The van der Waals surface area contributed by atoms with Crippen LogP contribution < -0.4 is 10.1 Å². The first-order chi connectivity index (χ1) is 10.6. The van der Waals surface area contributed by atoms with Gasteiger partial charge in [0.25, 0.3) is 5.91 Å². The summed E-state index contributed by atoms with van der Waals surface area (Å²) in [4.78, 5) is 12.9. The van der Waals surface area contributed by atoms with Gasteiger partial charge in [-0.3, -0.25) is 4.79 Å². The van der Waals surface area contributed by atoms with Crippen LogP contribution in [0.4, 0.5) is 5.69 Å². The minimum Gasteiger partial charge on any atom is -0.497 e. The van der Waals surface area contributed by atoms with Gasteiger partial charge >= 0.3 is 0 Å². The molecular weight excluding hydrogens is 302 g/mol. The van der Waals surface area contributed by atoms with Crippen molar-refractivity contribution < 1.29 is 9.53 Å². The molecule has 0 aliphatic carbocycles.